The highest BCUT2D eigenvalue weighted by Gasteiger charge is 2.20. The molecule has 1 saturated heterocycles. The number of aromatic nitrogens is 3. The summed E-state index contributed by atoms with van der Waals surface area (Å²) in [7, 11) is 0. The zero-order valence-corrected chi connectivity index (χ0v) is 14.0. The lowest BCUT2D eigenvalue weighted by molar-refractivity contribution is 0.201. The van der Waals surface area contributed by atoms with Crippen LogP contribution in [0, 0.1) is 13.8 Å². The average molecular weight is 322 g/mol. The van der Waals surface area contributed by atoms with E-state index < -0.39 is 0 Å². The Morgan fingerprint density at radius 3 is 2.82 bits per heavy atom. The molecular weight excluding hydrogens is 298 g/mol. The Balaban J connectivity index is 0.00000176. The standard InChI is InChI=1S/C16H23N5.ClH/c1-12-15(11-20-9-5-6-14(17)10-20)13(2)21(19-12)16-7-3-4-8-18-16;/h3-4,7-8,14H,5-6,9-11,17H2,1-2H3;1H/t14-;/m1./s1. The Hall–Kier alpha value is -1.43. The van der Waals surface area contributed by atoms with Gasteiger partial charge in [0.1, 0.15) is 0 Å². The van der Waals surface area contributed by atoms with E-state index in [2.05, 4.69) is 28.8 Å². The first-order chi connectivity index (χ1) is 10.1. The minimum atomic E-state index is 0. The van der Waals surface area contributed by atoms with Crippen LogP contribution in [0.3, 0.4) is 0 Å². The van der Waals surface area contributed by atoms with Crippen LogP contribution in [0.1, 0.15) is 29.8 Å². The molecule has 0 saturated carbocycles. The van der Waals surface area contributed by atoms with Crippen molar-refractivity contribution in [2.45, 2.75) is 39.3 Å². The Labute approximate surface area is 137 Å². The first-order valence-electron chi connectivity index (χ1n) is 7.59. The minimum absolute atomic E-state index is 0. The summed E-state index contributed by atoms with van der Waals surface area (Å²) in [6.45, 7) is 7.23. The number of rotatable bonds is 3. The smallest absolute Gasteiger partial charge is 0.153 e. The van der Waals surface area contributed by atoms with Gasteiger partial charge in [-0.1, -0.05) is 6.07 Å². The SMILES string of the molecule is Cc1nn(-c2ccccn2)c(C)c1CN1CCC[C@@H](N)C1.Cl. The second-order valence-corrected chi connectivity index (χ2v) is 5.89. The Kier molecular flexibility index (Phi) is 5.56. The number of pyridine rings is 1. The van der Waals surface area contributed by atoms with Gasteiger partial charge in [-0.05, 0) is 45.4 Å². The number of likely N-dealkylation sites (tertiary alicyclic amines) is 1. The van der Waals surface area contributed by atoms with Gasteiger partial charge in [-0.3, -0.25) is 4.90 Å². The zero-order valence-electron chi connectivity index (χ0n) is 13.2. The van der Waals surface area contributed by atoms with Crippen LogP contribution in [0.2, 0.25) is 0 Å². The third-order valence-corrected chi connectivity index (χ3v) is 4.23. The van der Waals surface area contributed by atoms with E-state index in [0.29, 0.717) is 6.04 Å². The molecule has 1 atom stereocenters. The molecule has 1 aliphatic heterocycles. The summed E-state index contributed by atoms with van der Waals surface area (Å²) in [5, 5.41) is 4.66. The van der Waals surface area contributed by atoms with E-state index in [4.69, 9.17) is 5.73 Å². The summed E-state index contributed by atoms with van der Waals surface area (Å²) < 4.78 is 1.94. The van der Waals surface area contributed by atoms with Crippen molar-refractivity contribution in [2.75, 3.05) is 13.1 Å². The molecule has 6 heteroatoms. The molecule has 0 radical (unpaired) electrons. The van der Waals surface area contributed by atoms with Crippen molar-refractivity contribution in [3.8, 4) is 5.82 Å². The third-order valence-electron chi connectivity index (χ3n) is 4.23. The lowest BCUT2D eigenvalue weighted by Crippen LogP contribution is -2.42. The molecule has 2 aromatic heterocycles. The zero-order chi connectivity index (χ0) is 14.8. The van der Waals surface area contributed by atoms with Crippen molar-refractivity contribution in [3.05, 3.63) is 41.3 Å². The van der Waals surface area contributed by atoms with Gasteiger partial charge < -0.3 is 5.73 Å². The summed E-state index contributed by atoms with van der Waals surface area (Å²) in [6, 6.07) is 6.21. The Morgan fingerprint density at radius 1 is 1.32 bits per heavy atom. The number of halogens is 1. The maximum absolute atomic E-state index is 6.08. The van der Waals surface area contributed by atoms with E-state index >= 15 is 0 Å². The summed E-state index contributed by atoms with van der Waals surface area (Å²) in [4.78, 5) is 6.83. The van der Waals surface area contributed by atoms with Crippen molar-refractivity contribution in [3.63, 3.8) is 0 Å². The van der Waals surface area contributed by atoms with E-state index in [1.165, 1.54) is 17.7 Å². The highest BCUT2D eigenvalue weighted by atomic mass is 35.5. The van der Waals surface area contributed by atoms with Gasteiger partial charge in [0.2, 0.25) is 0 Å². The van der Waals surface area contributed by atoms with Gasteiger partial charge in [-0.2, -0.15) is 5.10 Å². The van der Waals surface area contributed by atoms with Crippen LogP contribution in [0.5, 0.6) is 0 Å². The third kappa shape index (κ3) is 3.48. The predicted molar refractivity (Wildman–Crippen MR) is 90.6 cm³/mol. The normalized spacial score (nSPS) is 19.0. The predicted octanol–water partition coefficient (Wildman–Crippen LogP) is 2.23. The van der Waals surface area contributed by atoms with Gasteiger partial charge >= 0.3 is 0 Å². The number of nitrogens with two attached hydrogens (primary N) is 1. The van der Waals surface area contributed by atoms with Crippen molar-refractivity contribution in [1.82, 2.24) is 19.7 Å². The second-order valence-electron chi connectivity index (χ2n) is 5.89. The van der Waals surface area contributed by atoms with Crippen LogP contribution >= 0.6 is 12.4 Å². The van der Waals surface area contributed by atoms with Crippen LogP contribution in [-0.2, 0) is 6.54 Å². The molecule has 120 valence electrons. The molecule has 2 N–H and O–H groups in total. The summed E-state index contributed by atoms with van der Waals surface area (Å²) in [6.07, 6.45) is 4.13. The van der Waals surface area contributed by atoms with E-state index in [-0.39, 0.29) is 12.4 Å². The van der Waals surface area contributed by atoms with Crippen LogP contribution in [0.25, 0.3) is 5.82 Å². The lowest BCUT2D eigenvalue weighted by Gasteiger charge is -2.30. The summed E-state index contributed by atoms with van der Waals surface area (Å²) in [5.41, 5.74) is 9.63. The van der Waals surface area contributed by atoms with E-state index in [9.17, 15) is 0 Å². The van der Waals surface area contributed by atoms with Gasteiger partial charge in [0.25, 0.3) is 0 Å². The van der Waals surface area contributed by atoms with Crippen LogP contribution in [0.4, 0.5) is 0 Å². The van der Waals surface area contributed by atoms with Crippen LogP contribution < -0.4 is 5.73 Å². The molecule has 2 aromatic rings. The van der Waals surface area contributed by atoms with E-state index in [1.807, 2.05) is 22.9 Å². The molecule has 0 aliphatic carbocycles. The molecule has 5 nitrogen and oxygen atoms in total. The van der Waals surface area contributed by atoms with Crippen molar-refractivity contribution in [2.24, 2.45) is 5.73 Å². The minimum Gasteiger partial charge on any atom is -0.327 e. The fraction of sp³-hybridized carbons (Fsp3) is 0.500. The molecule has 0 spiro atoms. The van der Waals surface area contributed by atoms with Gasteiger partial charge in [-0.15, -0.1) is 12.4 Å². The molecule has 0 bridgehead atoms. The Morgan fingerprint density at radius 2 is 2.14 bits per heavy atom. The van der Waals surface area contributed by atoms with Crippen molar-refractivity contribution in [1.29, 1.82) is 0 Å². The van der Waals surface area contributed by atoms with E-state index in [0.717, 1.165) is 37.6 Å². The van der Waals surface area contributed by atoms with Gasteiger partial charge in [0, 0.05) is 36.6 Å². The largest absolute Gasteiger partial charge is 0.327 e. The van der Waals surface area contributed by atoms with Crippen LogP contribution in [-0.4, -0.2) is 38.8 Å². The lowest BCUT2D eigenvalue weighted by atomic mass is 10.1. The molecule has 0 aromatic carbocycles. The highest BCUT2D eigenvalue weighted by Crippen LogP contribution is 2.20. The highest BCUT2D eigenvalue weighted by molar-refractivity contribution is 5.85. The number of nitrogens with zero attached hydrogens (tertiary/aromatic N) is 4. The second kappa shape index (κ2) is 7.22. The first kappa shape index (κ1) is 16.9. The van der Waals surface area contributed by atoms with Crippen LogP contribution in [0.15, 0.2) is 24.4 Å². The topological polar surface area (TPSA) is 60.0 Å². The van der Waals surface area contributed by atoms with Crippen molar-refractivity contribution < 1.29 is 0 Å². The van der Waals surface area contributed by atoms with Gasteiger partial charge in [0.05, 0.1) is 5.69 Å². The molecule has 0 unspecified atom stereocenters. The fourth-order valence-electron chi connectivity index (χ4n) is 3.06. The Bertz CT molecular complexity index is 610. The number of piperidine rings is 1. The van der Waals surface area contributed by atoms with E-state index in [1.54, 1.807) is 6.20 Å². The molecule has 1 aliphatic rings. The fourth-order valence-corrected chi connectivity index (χ4v) is 3.06. The number of hydrogen-bond donors (Lipinski definition) is 1. The summed E-state index contributed by atoms with van der Waals surface area (Å²) >= 11 is 0. The molecule has 3 heterocycles. The molecule has 3 rings (SSSR count). The van der Waals surface area contributed by atoms with Gasteiger partial charge in [-0.25, -0.2) is 9.67 Å². The molecule has 22 heavy (non-hydrogen) atoms. The maximum Gasteiger partial charge on any atom is 0.153 e. The average Bonchev–Trinajstić information content (AvgIpc) is 2.76. The quantitative estimate of drug-likeness (QED) is 0.941. The number of aryl methyl sites for hydroxylation is 1. The molecule has 0 amide bonds. The molecule has 1 fully saturated rings. The molecular formula is C16H24ClN5. The van der Waals surface area contributed by atoms with Crippen molar-refractivity contribution >= 4 is 12.4 Å². The van der Waals surface area contributed by atoms with Gasteiger partial charge in [0.15, 0.2) is 5.82 Å². The number of hydrogen-bond acceptors (Lipinski definition) is 4. The summed E-state index contributed by atoms with van der Waals surface area (Å²) in [5.74, 6) is 0.875. The monoisotopic (exact) mass is 321 g/mol. The first-order valence-corrected chi connectivity index (χ1v) is 7.59. The maximum atomic E-state index is 6.08.